The lowest BCUT2D eigenvalue weighted by molar-refractivity contribution is 0.243. The van der Waals surface area contributed by atoms with E-state index in [1.54, 1.807) is 11.3 Å². The van der Waals surface area contributed by atoms with Gasteiger partial charge in [-0.25, -0.2) is 0 Å². The molecular formula is C14H18ClN3S. The summed E-state index contributed by atoms with van der Waals surface area (Å²) in [6.07, 6.45) is 1.91. The Bertz CT molecular complexity index is 524. The summed E-state index contributed by atoms with van der Waals surface area (Å²) >= 11 is 7.57. The van der Waals surface area contributed by atoms with Gasteiger partial charge in [-0.3, -0.25) is 9.88 Å². The minimum Gasteiger partial charge on any atom is -0.329 e. The van der Waals surface area contributed by atoms with Crippen molar-refractivity contribution in [3.05, 3.63) is 50.9 Å². The highest BCUT2D eigenvalue weighted by Gasteiger charge is 2.16. The van der Waals surface area contributed by atoms with Crippen LogP contribution in [-0.2, 0) is 6.54 Å². The minimum atomic E-state index is 0.175. The van der Waals surface area contributed by atoms with E-state index >= 15 is 0 Å². The Kier molecular flexibility index (Phi) is 4.93. The molecule has 2 N–H and O–H groups in total. The Hall–Kier alpha value is -0.940. The number of thiophene rings is 1. The Morgan fingerprint density at radius 2 is 2.16 bits per heavy atom. The number of hydrogen-bond donors (Lipinski definition) is 1. The Morgan fingerprint density at radius 3 is 2.68 bits per heavy atom. The smallest absolute Gasteiger partial charge is 0.0931 e. The number of nitrogens with zero attached hydrogens (tertiary/aromatic N) is 2. The van der Waals surface area contributed by atoms with Crippen molar-refractivity contribution < 1.29 is 0 Å². The predicted molar refractivity (Wildman–Crippen MR) is 81.6 cm³/mol. The van der Waals surface area contributed by atoms with Gasteiger partial charge in [-0.2, -0.15) is 0 Å². The van der Waals surface area contributed by atoms with Crippen LogP contribution in [0.4, 0.5) is 0 Å². The molecule has 3 nitrogen and oxygen atoms in total. The number of likely N-dealkylation sites (N-methyl/N-ethyl adjacent to an activating group) is 1. The quantitative estimate of drug-likeness (QED) is 0.921. The third-order valence-electron chi connectivity index (χ3n) is 3.11. The van der Waals surface area contributed by atoms with Gasteiger partial charge in [0.15, 0.2) is 0 Å². The topological polar surface area (TPSA) is 42.1 Å². The highest BCUT2D eigenvalue weighted by atomic mass is 35.5. The van der Waals surface area contributed by atoms with E-state index in [-0.39, 0.29) is 6.04 Å². The molecule has 102 valence electrons. The molecule has 0 aliphatic heterocycles. The minimum absolute atomic E-state index is 0.175. The molecule has 0 aliphatic carbocycles. The lowest BCUT2D eigenvalue weighted by Crippen LogP contribution is -2.30. The van der Waals surface area contributed by atoms with Gasteiger partial charge in [0.25, 0.3) is 0 Å². The molecule has 0 radical (unpaired) electrons. The van der Waals surface area contributed by atoms with E-state index in [9.17, 15) is 0 Å². The lowest BCUT2D eigenvalue weighted by Gasteiger charge is -2.26. The number of pyridine rings is 1. The Balaban J connectivity index is 2.10. The predicted octanol–water partition coefficient (Wildman–Crippen LogP) is 3.24. The Morgan fingerprint density at radius 1 is 1.37 bits per heavy atom. The molecule has 0 amide bonds. The van der Waals surface area contributed by atoms with Gasteiger partial charge in [0.2, 0.25) is 0 Å². The maximum atomic E-state index is 5.96. The molecule has 0 aliphatic rings. The van der Waals surface area contributed by atoms with E-state index in [4.69, 9.17) is 17.3 Å². The first-order chi connectivity index (χ1) is 9.10. The summed E-state index contributed by atoms with van der Waals surface area (Å²) in [5, 5.41) is 0. The highest BCUT2D eigenvalue weighted by Crippen LogP contribution is 2.25. The summed E-state index contributed by atoms with van der Waals surface area (Å²) in [6.45, 7) is 3.39. The van der Waals surface area contributed by atoms with Crippen molar-refractivity contribution in [3.8, 4) is 0 Å². The number of aryl methyl sites for hydroxylation is 1. The monoisotopic (exact) mass is 295 g/mol. The van der Waals surface area contributed by atoms with Crippen molar-refractivity contribution in [1.29, 1.82) is 0 Å². The van der Waals surface area contributed by atoms with Gasteiger partial charge < -0.3 is 5.73 Å². The van der Waals surface area contributed by atoms with Crippen molar-refractivity contribution in [2.45, 2.75) is 19.5 Å². The molecule has 19 heavy (non-hydrogen) atoms. The summed E-state index contributed by atoms with van der Waals surface area (Å²) in [7, 11) is 2.07. The fourth-order valence-electron chi connectivity index (χ4n) is 2.04. The summed E-state index contributed by atoms with van der Waals surface area (Å²) in [6, 6.07) is 8.28. The van der Waals surface area contributed by atoms with Gasteiger partial charge in [-0.15, -0.1) is 11.3 Å². The van der Waals surface area contributed by atoms with Crippen LogP contribution in [0.1, 0.15) is 22.2 Å². The van der Waals surface area contributed by atoms with E-state index < -0.39 is 0 Å². The summed E-state index contributed by atoms with van der Waals surface area (Å²) in [4.78, 5) is 7.81. The molecule has 1 unspecified atom stereocenters. The van der Waals surface area contributed by atoms with Crippen molar-refractivity contribution in [1.82, 2.24) is 9.88 Å². The van der Waals surface area contributed by atoms with Crippen LogP contribution in [0.3, 0.4) is 0 Å². The van der Waals surface area contributed by atoms with Crippen LogP contribution in [0, 0.1) is 6.92 Å². The molecule has 0 saturated carbocycles. The van der Waals surface area contributed by atoms with E-state index in [0.717, 1.165) is 22.1 Å². The van der Waals surface area contributed by atoms with Gasteiger partial charge in [0.1, 0.15) is 0 Å². The van der Waals surface area contributed by atoms with Crippen molar-refractivity contribution in [2.75, 3.05) is 13.6 Å². The Labute approximate surface area is 123 Å². The van der Waals surface area contributed by atoms with Crippen LogP contribution in [-0.4, -0.2) is 23.5 Å². The van der Waals surface area contributed by atoms with Crippen LogP contribution in [0.25, 0.3) is 0 Å². The first-order valence-corrected chi connectivity index (χ1v) is 7.36. The van der Waals surface area contributed by atoms with E-state index in [0.29, 0.717) is 6.54 Å². The van der Waals surface area contributed by atoms with Crippen LogP contribution in [0.2, 0.25) is 4.34 Å². The maximum Gasteiger partial charge on any atom is 0.0931 e. The molecule has 0 spiro atoms. The molecule has 0 fully saturated rings. The van der Waals surface area contributed by atoms with Crippen molar-refractivity contribution >= 4 is 22.9 Å². The summed E-state index contributed by atoms with van der Waals surface area (Å²) < 4.78 is 0.824. The zero-order valence-electron chi connectivity index (χ0n) is 11.1. The number of aromatic nitrogens is 1. The number of nitrogens with two attached hydrogens (primary N) is 1. The van der Waals surface area contributed by atoms with Crippen LogP contribution in [0.5, 0.6) is 0 Å². The molecule has 1 atom stereocenters. The number of halogens is 1. The third-order valence-corrected chi connectivity index (χ3v) is 4.32. The second kappa shape index (κ2) is 6.48. The fourth-order valence-corrected chi connectivity index (χ4v) is 3.19. The van der Waals surface area contributed by atoms with Crippen LogP contribution >= 0.6 is 22.9 Å². The molecular weight excluding hydrogens is 278 g/mol. The summed E-state index contributed by atoms with van der Waals surface area (Å²) in [5.41, 5.74) is 8.08. The molecule has 5 heteroatoms. The molecule has 2 aromatic heterocycles. The second-order valence-electron chi connectivity index (χ2n) is 4.61. The SMILES string of the molecule is Cc1ccc(C(CN)N(C)Cc2ccc(Cl)s2)cn1. The van der Waals surface area contributed by atoms with Crippen LogP contribution in [0.15, 0.2) is 30.5 Å². The average molecular weight is 296 g/mol. The van der Waals surface area contributed by atoms with Gasteiger partial charge in [0.05, 0.1) is 4.34 Å². The summed E-state index contributed by atoms with van der Waals surface area (Å²) in [5.74, 6) is 0. The van der Waals surface area contributed by atoms with Gasteiger partial charge in [-0.05, 0) is 37.7 Å². The lowest BCUT2D eigenvalue weighted by atomic mass is 10.1. The zero-order chi connectivity index (χ0) is 13.8. The maximum absolute atomic E-state index is 5.96. The third kappa shape index (κ3) is 3.76. The largest absolute Gasteiger partial charge is 0.329 e. The number of rotatable bonds is 5. The van der Waals surface area contributed by atoms with Gasteiger partial charge in [-0.1, -0.05) is 17.7 Å². The normalized spacial score (nSPS) is 12.9. The first kappa shape index (κ1) is 14.5. The van der Waals surface area contributed by atoms with Crippen molar-refractivity contribution in [2.24, 2.45) is 5.73 Å². The molecule has 2 aromatic rings. The molecule has 2 rings (SSSR count). The van der Waals surface area contributed by atoms with Crippen LogP contribution < -0.4 is 5.73 Å². The average Bonchev–Trinajstić information content (AvgIpc) is 2.78. The van der Waals surface area contributed by atoms with Crippen molar-refractivity contribution in [3.63, 3.8) is 0 Å². The molecule has 0 aromatic carbocycles. The zero-order valence-corrected chi connectivity index (χ0v) is 12.7. The fraction of sp³-hybridized carbons (Fsp3) is 0.357. The molecule has 0 bridgehead atoms. The van der Waals surface area contributed by atoms with E-state index in [1.165, 1.54) is 4.88 Å². The van der Waals surface area contributed by atoms with E-state index in [2.05, 4.69) is 29.1 Å². The number of hydrogen-bond acceptors (Lipinski definition) is 4. The second-order valence-corrected chi connectivity index (χ2v) is 6.40. The van der Waals surface area contributed by atoms with Gasteiger partial charge in [0, 0.05) is 35.9 Å². The van der Waals surface area contributed by atoms with Gasteiger partial charge >= 0.3 is 0 Å². The van der Waals surface area contributed by atoms with E-state index in [1.807, 2.05) is 25.3 Å². The standard InChI is InChI=1S/C14H18ClN3S/c1-10-3-4-11(8-17-10)13(7-16)18(2)9-12-5-6-14(15)19-12/h3-6,8,13H,7,9,16H2,1-2H3. The first-order valence-electron chi connectivity index (χ1n) is 6.17. The molecule has 0 saturated heterocycles. The highest BCUT2D eigenvalue weighted by molar-refractivity contribution is 7.16. The molecule has 2 heterocycles.